The maximum Gasteiger partial charge on any atom is 0.301 e. The van der Waals surface area contributed by atoms with Crippen LogP contribution in [0.25, 0.3) is 0 Å². The largest absolute Gasteiger partial charge is 0.543 e. The quantitative estimate of drug-likeness (QED) is 0.0651. The van der Waals surface area contributed by atoms with Crippen molar-refractivity contribution in [2.24, 2.45) is 12.2 Å². The number of nitrogens with one attached hydrogen (secondary N) is 1. The fourth-order valence-electron chi connectivity index (χ4n) is 3.58. The molecule has 2 amide bonds. The van der Waals surface area contributed by atoms with Crippen LogP contribution < -0.4 is 32.2 Å². The molecular formula is C20H23N9O5S3. The molecule has 4 rings (SSSR count). The van der Waals surface area contributed by atoms with Gasteiger partial charge in [-0.2, -0.15) is 0 Å². The number of thioether (sulfide) groups is 2. The summed E-state index contributed by atoms with van der Waals surface area (Å²) < 4.78 is 1.62. The maximum absolute atomic E-state index is 13.0. The van der Waals surface area contributed by atoms with Crippen LogP contribution >= 0.6 is 34.9 Å². The monoisotopic (exact) mass is 565 g/mol. The predicted molar refractivity (Wildman–Crippen MR) is 137 cm³/mol. The van der Waals surface area contributed by atoms with Gasteiger partial charge in [-0.1, -0.05) is 10.1 Å². The first-order valence-electron chi connectivity index (χ1n) is 10.8. The van der Waals surface area contributed by atoms with Crippen LogP contribution in [0, 0.1) is 0 Å². The molecule has 37 heavy (non-hydrogen) atoms. The van der Waals surface area contributed by atoms with Crippen molar-refractivity contribution < 1.29 is 28.9 Å². The van der Waals surface area contributed by atoms with Gasteiger partial charge in [-0.05, 0) is 24.3 Å². The zero-order valence-electron chi connectivity index (χ0n) is 19.7. The molecule has 0 saturated carbocycles. The number of carbonyl (C=O) groups excluding carboxylic acids is 3. The number of nitrogens with two attached hydrogens (primary N) is 3. The molecule has 1 unspecified atom stereocenters. The lowest BCUT2D eigenvalue weighted by Crippen LogP contribution is -2.71. The third-order valence-electron chi connectivity index (χ3n) is 5.36. The zero-order valence-corrected chi connectivity index (χ0v) is 22.1. The standard InChI is InChI=1S/C20H23N9O5S3/c1-3-34-27-12(9-7-36-19(23)24-9)15(30)26-13-16(31)29-14(18(32)33)8(5-35-17(13)29)6-37-20-25-10(21)4-11(22)28(20)2/h4,7,13,17H,3,5-6H2,1-2H3,(H7,21,22,23,24,26,30,32,33)/b27-12-/t13?,17-/m1/s1. The summed E-state index contributed by atoms with van der Waals surface area (Å²) in [4.78, 5) is 52.4. The second-order valence-corrected chi connectivity index (χ2v) is 10.7. The summed E-state index contributed by atoms with van der Waals surface area (Å²) in [6.45, 7) is 1.91. The molecule has 0 spiro atoms. The summed E-state index contributed by atoms with van der Waals surface area (Å²) in [5.41, 5.74) is 17.7. The Labute approximate surface area is 223 Å². The molecule has 0 radical (unpaired) electrons. The van der Waals surface area contributed by atoms with Crippen LogP contribution in [0.3, 0.4) is 0 Å². The minimum atomic E-state index is -1.49. The van der Waals surface area contributed by atoms with E-state index in [0.29, 0.717) is 22.3 Å². The van der Waals surface area contributed by atoms with Crippen molar-refractivity contribution in [1.82, 2.24) is 20.2 Å². The Hall–Kier alpha value is -3.57. The van der Waals surface area contributed by atoms with Crippen LogP contribution in [0.2, 0.25) is 0 Å². The number of amides is 2. The fraction of sp³-hybridized carbons (Fsp3) is 0.350. The average molecular weight is 566 g/mol. The number of fused-ring (bicyclic) bond motifs is 1. The number of hydrogen-bond donors (Lipinski definition) is 4. The van der Waals surface area contributed by atoms with E-state index >= 15 is 0 Å². The predicted octanol–water partition coefficient (Wildman–Crippen LogP) is -1.95. The molecule has 17 heteroatoms. The Balaban J connectivity index is 1.51. The molecule has 1 fully saturated rings. The molecule has 1 saturated heterocycles. The molecule has 196 valence electrons. The lowest BCUT2D eigenvalue weighted by Gasteiger charge is -2.50. The smallest absolute Gasteiger partial charge is 0.301 e. The van der Waals surface area contributed by atoms with E-state index in [1.807, 2.05) is 0 Å². The fourth-order valence-corrected chi connectivity index (χ4v) is 6.61. The van der Waals surface area contributed by atoms with Gasteiger partial charge in [0.15, 0.2) is 10.8 Å². The van der Waals surface area contributed by atoms with Gasteiger partial charge in [0.05, 0.1) is 24.8 Å². The number of oxime groups is 1. The van der Waals surface area contributed by atoms with Gasteiger partial charge in [-0.3, -0.25) is 14.5 Å². The van der Waals surface area contributed by atoms with Crippen LogP contribution in [0.15, 0.2) is 33.0 Å². The summed E-state index contributed by atoms with van der Waals surface area (Å²) in [5.74, 6) is -1.64. The van der Waals surface area contributed by atoms with E-state index in [1.165, 1.54) is 29.6 Å². The minimum Gasteiger partial charge on any atom is -0.543 e. The Morgan fingerprint density at radius 3 is 2.78 bits per heavy atom. The van der Waals surface area contributed by atoms with Crippen molar-refractivity contribution in [3.05, 3.63) is 28.4 Å². The molecule has 2 aliphatic heterocycles. The molecule has 4 heterocycles. The van der Waals surface area contributed by atoms with Gasteiger partial charge in [-0.25, -0.2) is 9.55 Å². The van der Waals surface area contributed by atoms with E-state index in [9.17, 15) is 19.5 Å². The molecule has 7 N–H and O–H groups in total. The third-order valence-corrected chi connectivity index (χ3v) is 8.49. The summed E-state index contributed by atoms with van der Waals surface area (Å²) >= 11 is 3.67. The number of anilines is 3. The number of rotatable bonds is 9. The first kappa shape index (κ1) is 26.5. The zero-order chi connectivity index (χ0) is 26.9. The number of carboxylic acids is 1. The van der Waals surface area contributed by atoms with Crippen molar-refractivity contribution in [1.29, 1.82) is 0 Å². The molecule has 0 aliphatic carbocycles. The number of nitrogens with zero attached hydrogens (tertiary/aromatic N) is 5. The first-order valence-corrected chi connectivity index (χ1v) is 13.7. The number of aromatic nitrogens is 3. The van der Waals surface area contributed by atoms with Crippen LogP contribution in [-0.4, -0.2) is 67.9 Å². The lowest BCUT2D eigenvalue weighted by atomic mass is 10.0. The van der Waals surface area contributed by atoms with Gasteiger partial charge in [0.25, 0.3) is 11.8 Å². The van der Waals surface area contributed by atoms with Crippen LogP contribution in [-0.2, 0) is 26.3 Å². The van der Waals surface area contributed by atoms with Crippen molar-refractivity contribution in [3.63, 3.8) is 0 Å². The van der Waals surface area contributed by atoms with Crippen LogP contribution in [0.5, 0.6) is 0 Å². The topological polar surface area (TPSA) is 219 Å². The highest BCUT2D eigenvalue weighted by Gasteiger charge is 2.53. The molecule has 14 nitrogen and oxygen atoms in total. The summed E-state index contributed by atoms with van der Waals surface area (Å²) in [7, 11) is 1.71. The van der Waals surface area contributed by atoms with Gasteiger partial charge in [-0.15, -0.1) is 23.1 Å². The Kier molecular flexibility index (Phi) is 7.74. The number of thiazole rings is 1. The van der Waals surface area contributed by atoms with E-state index in [4.69, 9.17) is 22.0 Å². The highest BCUT2D eigenvalue weighted by molar-refractivity contribution is 8.01. The first-order chi connectivity index (χ1) is 17.6. The van der Waals surface area contributed by atoms with E-state index in [0.717, 1.165) is 16.2 Å². The highest BCUT2D eigenvalue weighted by atomic mass is 32.2. The Morgan fingerprint density at radius 1 is 1.38 bits per heavy atom. The molecule has 0 aromatic carbocycles. The molecule has 2 aromatic heterocycles. The summed E-state index contributed by atoms with van der Waals surface area (Å²) in [6.07, 6.45) is 0. The number of β-lactam (4-membered cyclic amide) rings is 1. The van der Waals surface area contributed by atoms with Crippen LogP contribution in [0.1, 0.15) is 12.6 Å². The number of aliphatic carboxylic acids is 1. The number of carbonyl (C=O) groups is 3. The summed E-state index contributed by atoms with van der Waals surface area (Å²) in [5, 5.41) is 20.1. The Bertz CT molecular complexity index is 1330. The lowest BCUT2D eigenvalue weighted by molar-refractivity contribution is -0.698. The van der Waals surface area contributed by atoms with E-state index in [2.05, 4.69) is 20.4 Å². The number of hydrogen-bond acceptors (Lipinski definition) is 14. The van der Waals surface area contributed by atoms with Gasteiger partial charge in [0, 0.05) is 16.9 Å². The van der Waals surface area contributed by atoms with E-state index in [-0.39, 0.29) is 40.4 Å². The second kappa shape index (κ2) is 10.8. The molecule has 0 bridgehead atoms. The SMILES string of the molecule is CCO/N=C(\C(=O)NC1C(=O)N2C(C(=O)[O-])=C(CSc3nc(N)cc(N)[n+]3C)CS[C@H]12)c1csc(N)n1. The normalized spacial score (nSPS) is 19.4. The summed E-state index contributed by atoms with van der Waals surface area (Å²) in [6, 6.07) is 0.537. The average Bonchev–Trinajstić information content (AvgIpc) is 3.28. The van der Waals surface area contributed by atoms with Gasteiger partial charge in [0.2, 0.25) is 11.6 Å². The molecule has 2 aliphatic rings. The molecule has 2 atom stereocenters. The van der Waals surface area contributed by atoms with Crippen LogP contribution in [0.4, 0.5) is 16.8 Å². The van der Waals surface area contributed by atoms with E-state index < -0.39 is 29.2 Å². The van der Waals surface area contributed by atoms with Crippen molar-refractivity contribution in [2.45, 2.75) is 23.5 Å². The van der Waals surface area contributed by atoms with Gasteiger partial charge in [0.1, 0.15) is 23.7 Å². The molecule has 2 aromatic rings. The van der Waals surface area contributed by atoms with E-state index in [1.54, 1.807) is 23.9 Å². The van der Waals surface area contributed by atoms with Crippen molar-refractivity contribution >= 4 is 75.1 Å². The second-order valence-electron chi connectivity index (χ2n) is 7.77. The van der Waals surface area contributed by atoms with Gasteiger partial charge < -0.3 is 37.3 Å². The Morgan fingerprint density at radius 2 is 2.14 bits per heavy atom. The molecular weight excluding hydrogens is 542 g/mol. The van der Waals surface area contributed by atoms with Gasteiger partial charge >= 0.3 is 5.16 Å². The number of carboxylic acid groups (broad SMARTS) is 1. The maximum atomic E-state index is 13.0. The van der Waals surface area contributed by atoms with Crippen molar-refractivity contribution in [3.8, 4) is 0 Å². The minimum absolute atomic E-state index is 0.142. The number of nitrogen functional groups attached to an aromatic ring is 3. The third kappa shape index (κ3) is 5.28. The van der Waals surface area contributed by atoms with Crippen molar-refractivity contribution in [2.75, 3.05) is 35.3 Å². The highest BCUT2D eigenvalue weighted by Crippen LogP contribution is 2.41.